The minimum absolute atomic E-state index is 0.0580. The van der Waals surface area contributed by atoms with Gasteiger partial charge in [0.2, 0.25) is 5.91 Å². The Bertz CT molecular complexity index is 1090. The summed E-state index contributed by atoms with van der Waals surface area (Å²) in [5.41, 5.74) is 0.269. The lowest BCUT2D eigenvalue weighted by molar-refractivity contribution is -0.158. The van der Waals surface area contributed by atoms with Crippen molar-refractivity contribution in [3.8, 4) is 0 Å². The van der Waals surface area contributed by atoms with E-state index < -0.39 is 11.4 Å². The lowest BCUT2D eigenvalue weighted by Crippen LogP contribution is -2.50. The number of rotatable bonds is 6. The second kappa shape index (κ2) is 8.07. The molecule has 3 aliphatic carbocycles. The Morgan fingerprint density at radius 2 is 1.73 bits per heavy atom. The van der Waals surface area contributed by atoms with Crippen molar-refractivity contribution in [2.45, 2.75) is 65.7 Å². The Hall–Kier alpha value is -3.04. The van der Waals surface area contributed by atoms with Crippen molar-refractivity contribution < 1.29 is 19.5 Å². The van der Waals surface area contributed by atoms with Gasteiger partial charge < -0.3 is 15.7 Å². The third-order valence-corrected chi connectivity index (χ3v) is 7.26. The molecule has 0 aromatic carbocycles. The van der Waals surface area contributed by atoms with E-state index in [2.05, 4.69) is 25.7 Å². The van der Waals surface area contributed by atoms with Crippen LogP contribution in [0.25, 0.3) is 11.0 Å². The van der Waals surface area contributed by atoms with Crippen molar-refractivity contribution in [2.24, 2.45) is 23.3 Å². The van der Waals surface area contributed by atoms with Crippen molar-refractivity contribution >= 4 is 34.6 Å². The van der Waals surface area contributed by atoms with Crippen LogP contribution < -0.4 is 10.6 Å². The number of nitrogens with one attached hydrogen (secondary N) is 2. The molecule has 0 aliphatic heterocycles. The summed E-state index contributed by atoms with van der Waals surface area (Å²) < 4.78 is 1.51. The van der Waals surface area contributed by atoms with Gasteiger partial charge in [0.1, 0.15) is 17.4 Å². The summed E-state index contributed by atoms with van der Waals surface area (Å²) in [6.07, 6.45) is 6.02. The second-order valence-corrected chi connectivity index (χ2v) is 10.9. The molecule has 3 saturated carbocycles. The van der Waals surface area contributed by atoms with Crippen molar-refractivity contribution in [1.29, 1.82) is 0 Å². The number of carbonyl (C=O) groups excluding carboxylic acids is 2. The smallest absolute Gasteiger partial charge is 0.309 e. The van der Waals surface area contributed by atoms with Gasteiger partial charge in [0.15, 0.2) is 11.5 Å². The third-order valence-electron chi connectivity index (χ3n) is 7.26. The SMILES string of the molecule is Cn1nc(NC(=O)CC(C)(C)C)c2ncnc(C(=O)NCC34CCC(C(=O)O)(CC3)CC4)c21. The number of carboxylic acids is 1. The molecule has 0 saturated heterocycles. The van der Waals surface area contributed by atoms with Crippen LogP contribution in [0, 0.1) is 16.2 Å². The number of carbonyl (C=O) groups is 3. The Morgan fingerprint density at radius 3 is 2.30 bits per heavy atom. The molecule has 2 bridgehead atoms. The largest absolute Gasteiger partial charge is 0.481 e. The lowest BCUT2D eigenvalue weighted by atomic mass is 9.53. The molecule has 2 amide bonds. The molecule has 0 spiro atoms. The first-order chi connectivity index (χ1) is 15.4. The van der Waals surface area contributed by atoms with E-state index in [0.717, 1.165) is 19.3 Å². The van der Waals surface area contributed by atoms with E-state index in [0.29, 0.717) is 49.1 Å². The number of hydrogen-bond acceptors (Lipinski definition) is 6. The molecular weight excluding hydrogens is 424 g/mol. The number of hydrogen-bond donors (Lipinski definition) is 3. The first kappa shape index (κ1) is 23.1. The van der Waals surface area contributed by atoms with Crippen molar-refractivity contribution in [2.75, 3.05) is 11.9 Å². The fourth-order valence-corrected chi connectivity index (χ4v) is 5.22. The molecule has 2 aromatic rings. The third kappa shape index (κ3) is 4.43. The zero-order chi connectivity index (χ0) is 24.0. The fourth-order valence-electron chi connectivity index (χ4n) is 5.22. The highest BCUT2D eigenvalue weighted by molar-refractivity contribution is 6.07. The predicted molar refractivity (Wildman–Crippen MR) is 122 cm³/mol. The highest BCUT2D eigenvalue weighted by Crippen LogP contribution is 2.56. The van der Waals surface area contributed by atoms with Crippen LogP contribution in [-0.2, 0) is 16.6 Å². The Labute approximate surface area is 192 Å². The van der Waals surface area contributed by atoms with Crippen LogP contribution in [-0.4, -0.2) is 49.2 Å². The molecule has 10 nitrogen and oxygen atoms in total. The number of aryl methyl sites for hydroxylation is 1. The van der Waals surface area contributed by atoms with Gasteiger partial charge in [0, 0.05) is 20.0 Å². The van der Waals surface area contributed by atoms with E-state index in [1.54, 1.807) is 7.05 Å². The summed E-state index contributed by atoms with van der Waals surface area (Å²) in [5.74, 6) is -0.877. The molecule has 0 unspecified atom stereocenters. The normalized spacial score (nSPS) is 24.6. The number of anilines is 1. The van der Waals surface area contributed by atoms with Gasteiger partial charge in [-0.1, -0.05) is 20.8 Å². The molecule has 10 heteroatoms. The number of aromatic nitrogens is 4. The highest BCUT2D eigenvalue weighted by atomic mass is 16.4. The van der Waals surface area contributed by atoms with Crippen LogP contribution >= 0.6 is 0 Å². The molecule has 178 valence electrons. The quantitative estimate of drug-likeness (QED) is 0.607. The first-order valence-corrected chi connectivity index (χ1v) is 11.4. The van der Waals surface area contributed by atoms with Crippen molar-refractivity contribution in [1.82, 2.24) is 25.1 Å². The summed E-state index contributed by atoms with van der Waals surface area (Å²) in [7, 11) is 1.69. The topological polar surface area (TPSA) is 139 Å². The number of aliphatic carboxylic acids is 1. The van der Waals surface area contributed by atoms with Crippen LogP contribution in [0.4, 0.5) is 5.82 Å². The first-order valence-electron chi connectivity index (χ1n) is 11.4. The van der Waals surface area contributed by atoms with E-state index >= 15 is 0 Å². The van der Waals surface area contributed by atoms with Gasteiger partial charge in [-0.25, -0.2) is 9.97 Å². The van der Waals surface area contributed by atoms with Crippen LogP contribution in [0.3, 0.4) is 0 Å². The molecule has 5 rings (SSSR count). The highest BCUT2D eigenvalue weighted by Gasteiger charge is 2.52. The monoisotopic (exact) mass is 456 g/mol. The van der Waals surface area contributed by atoms with Gasteiger partial charge in [-0.3, -0.25) is 19.1 Å². The van der Waals surface area contributed by atoms with Crippen LogP contribution in [0.1, 0.15) is 76.2 Å². The zero-order valence-electron chi connectivity index (χ0n) is 19.7. The standard InChI is InChI=1S/C23H32N6O4/c1-21(2,3)11-14(30)27-18-15-17(29(4)28-18)16(26-13-25-15)19(31)24-12-22-5-8-23(9-6-22,10-7-22)20(32)33/h13H,5-12H2,1-4H3,(H,24,31)(H,32,33)(H,27,28,30). The minimum Gasteiger partial charge on any atom is -0.481 e. The van der Waals surface area contributed by atoms with Crippen molar-refractivity contribution in [3.05, 3.63) is 12.0 Å². The van der Waals surface area contributed by atoms with Gasteiger partial charge in [-0.15, -0.1) is 0 Å². The average molecular weight is 457 g/mol. The summed E-state index contributed by atoms with van der Waals surface area (Å²) in [4.78, 5) is 45.6. The van der Waals surface area contributed by atoms with E-state index in [4.69, 9.17) is 0 Å². The van der Waals surface area contributed by atoms with Gasteiger partial charge in [0.25, 0.3) is 5.91 Å². The number of carboxylic acid groups (broad SMARTS) is 1. The van der Waals surface area contributed by atoms with Gasteiger partial charge in [0.05, 0.1) is 5.41 Å². The molecule has 2 aromatic heterocycles. The maximum atomic E-state index is 13.1. The molecule has 2 heterocycles. The number of fused-ring (bicyclic) bond motifs is 4. The molecule has 3 fully saturated rings. The van der Waals surface area contributed by atoms with Crippen LogP contribution in [0.5, 0.6) is 0 Å². The van der Waals surface area contributed by atoms with E-state index in [9.17, 15) is 19.5 Å². The maximum absolute atomic E-state index is 13.1. The summed E-state index contributed by atoms with van der Waals surface area (Å²) in [6, 6.07) is 0. The van der Waals surface area contributed by atoms with Gasteiger partial charge >= 0.3 is 5.97 Å². The van der Waals surface area contributed by atoms with E-state index in [-0.39, 0.29) is 28.3 Å². The average Bonchev–Trinajstić information content (AvgIpc) is 3.07. The predicted octanol–water partition coefficient (Wildman–Crippen LogP) is 2.89. The number of amides is 2. The molecule has 0 radical (unpaired) electrons. The molecular formula is C23H32N6O4. The summed E-state index contributed by atoms with van der Waals surface area (Å²) in [6.45, 7) is 6.43. The van der Waals surface area contributed by atoms with E-state index in [1.807, 2.05) is 20.8 Å². The Balaban J connectivity index is 1.49. The minimum atomic E-state index is -0.690. The fraction of sp³-hybridized carbons (Fsp3) is 0.652. The Kier molecular flexibility index (Phi) is 5.66. The van der Waals surface area contributed by atoms with Gasteiger partial charge in [-0.05, 0) is 49.4 Å². The molecule has 3 aliphatic rings. The lowest BCUT2D eigenvalue weighted by Gasteiger charge is -2.51. The zero-order valence-corrected chi connectivity index (χ0v) is 19.7. The molecule has 3 N–H and O–H groups in total. The van der Waals surface area contributed by atoms with Gasteiger partial charge in [-0.2, -0.15) is 5.10 Å². The maximum Gasteiger partial charge on any atom is 0.309 e. The summed E-state index contributed by atoms with van der Waals surface area (Å²) >= 11 is 0. The number of nitrogens with zero attached hydrogens (tertiary/aromatic N) is 4. The molecule has 0 atom stereocenters. The van der Waals surface area contributed by atoms with Crippen LogP contribution in [0.15, 0.2) is 6.33 Å². The van der Waals surface area contributed by atoms with Crippen LogP contribution in [0.2, 0.25) is 0 Å². The molecule has 33 heavy (non-hydrogen) atoms. The van der Waals surface area contributed by atoms with E-state index in [1.165, 1.54) is 11.0 Å². The Morgan fingerprint density at radius 1 is 1.09 bits per heavy atom. The van der Waals surface area contributed by atoms with Crippen molar-refractivity contribution in [3.63, 3.8) is 0 Å². The second-order valence-electron chi connectivity index (χ2n) is 10.9. The summed E-state index contributed by atoms with van der Waals surface area (Å²) in [5, 5.41) is 19.8.